The molecule has 1 saturated carbocycles. The molecule has 2 aromatic heterocycles. The van der Waals surface area contributed by atoms with Gasteiger partial charge in [0, 0.05) is 17.4 Å². The number of halogens is 2. The van der Waals surface area contributed by atoms with Crippen molar-refractivity contribution < 1.29 is 13.2 Å². The fourth-order valence-electron chi connectivity index (χ4n) is 3.40. The van der Waals surface area contributed by atoms with Crippen LogP contribution >= 0.6 is 34.5 Å². The van der Waals surface area contributed by atoms with Gasteiger partial charge in [-0.05, 0) is 61.4 Å². The summed E-state index contributed by atoms with van der Waals surface area (Å²) in [6, 6.07) is 12.1. The normalized spacial score (nSPS) is 13.5. The number of carbonyl (C=O) groups excluding carboxylic acids is 1. The van der Waals surface area contributed by atoms with E-state index in [9.17, 15) is 18.0 Å². The zero-order valence-corrected chi connectivity index (χ0v) is 20.9. The number of aromatic nitrogens is 2. The molecule has 0 radical (unpaired) electrons. The first-order valence-corrected chi connectivity index (χ1v) is 13.4. The Morgan fingerprint density at radius 3 is 2.51 bits per heavy atom. The molecule has 0 aliphatic heterocycles. The summed E-state index contributed by atoms with van der Waals surface area (Å²) >= 11 is 13.0. The molecule has 13 heteroatoms. The van der Waals surface area contributed by atoms with Crippen molar-refractivity contribution in [2.75, 3.05) is 10.6 Å². The molecule has 35 heavy (non-hydrogen) atoms. The van der Waals surface area contributed by atoms with Crippen LogP contribution in [0.25, 0.3) is 16.6 Å². The molecule has 0 unspecified atom stereocenters. The van der Waals surface area contributed by atoms with Crippen molar-refractivity contribution in [1.82, 2.24) is 14.3 Å². The smallest absolute Gasteiger partial charge is 0.333 e. The third-order valence-electron chi connectivity index (χ3n) is 5.21. The lowest BCUT2D eigenvalue weighted by Crippen LogP contribution is -2.33. The number of amides is 2. The predicted octanol–water partition coefficient (Wildman–Crippen LogP) is 4.84. The van der Waals surface area contributed by atoms with E-state index in [-0.39, 0.29) is 24.8 Å². The average molecular weight is 550 g/mol. The molecule has 2 aromatic carbocycles. The summed E-state index contributed by atoms with van der Waals surface area (Å²) in [6.45, 7) is 0. The van der Waals surface area contributed by atoms with E-state index in [0.29, 0.717) is 22.6 Å². The highest BCUT2D eigenvalue weighted by Gasteiger charge is 2.22. The fourth-order valence-corrected chi connectivity index (χ4v) is 6.06. The van der Waals surface area contributed by atoms with Crippen LogP contribution in [0.4, 0.5) is 16.2 Å². The highest BCUT2D eigenvalue weighted by Crippen LogP contribution is 2.28. The molecular formula is C22H17Cl2N5O4S2. The summed E-state index contributed by atoms with van der Waals surface area (Å²) in [7, 11) is -4.07. The van der Waals surface area contributed by atoms with Crippen LogP contribution in [0.15, 0.2) is 63.9 Å². The van der Waals surface area contributed by atoms with Gasteiger partial charge in [0.05, 0.1) is 25.9 Å². The number of thiophene rings is 1. The Labute approximate surface area is 213 Å². The second kappa shape index (κ2) is 9.15. The van der Waals surface area contributed by atoms with E-state index in [0.717, 1.165) is 29.9 Å². The molecule has 4 aromatic rings. The minimum atomic E-state index is -4.07. The Bertz CT molecular complexity index is 1630. The van der Waals surface area contributed by atoms with Gasteiger partial charge in [0.2, 0.25) is 0 Å². The number of urea groups is 1. The molecule has 0 atom stereocenters. The molecule has 0 saturated heterocycles. The van der Waals surface area contributed by atoms with Gasteiger partial charge in [-0.2, -0.15) is 0 Å². The second-order valence-corrected chi connectivity index (χ2v) is 11.9. The molecule has 0 spiro atoms. The predicted molar refractivity (Wildman–Crippen MR) is 138 cm³/mol. The number of rotatable bonds is 6. The van der Waals surface area contributed by atoms with Crippen molar-refractivity contribution in [3.8, 4) is 5.69 Å². The van der Waals surface area contributed by atoms with E-state index >= 15 is 0 Å². The van der Waals surface area contributed by atoms with Crippen LogP contribution < -0.4 is 20.9 Å². The first-order valence-electron chi connectivity index (χ1n) is 10.4. The Kier molecular flexibility index (Phi) is 6.18. The van der Waals surface area contributed by atoms with Crippen LogP contribution in [0, 0.1) is 0 Å². The van der Waals surface area contributed by atoms with Gasteiger partial charge in [0.15, 0.2) is 0 Å². The number of hydrogen-bond donors (Lipinski definition) is 3. The van der Waals surface area contributed by atoms with E-state index in [1.165, 1.54) is 41.2 Å². The Hall–Kier alpha value is -3.12. The van der Waals surface area contributed by atoms with Crippen LogP contribution in [-0.2, 0) is 10.0 Å². The number of sulfonamides is 1. The number of benzene rings is 2. The SMILES string of the molecule is O=C(Nc1ccc(-n2cnc3cc(NC4CC4)ccc3c2=O)c(Cl)c1)NS(=O)(=O)c1ccc(Cl)s1. The maximum absolute atomic E-state index is 13.1. The second-order valence-electron chi connectivity index (χ2n) is 7.85. The van der Waals surface area contributed by atoms with Crippen LogP contribution in [0.3, 0.4) is 0 Å². The van der Waals surface area contributed by atoms with E-state index in [1.54, 1.807) is 6.07 Å². The van der Waals surface area contributed by atoms with Crippen LogP contribution in [0.2, 0.25) is 9.36 Å². The molecule has 1 fully saturated rings. The van der Waals surface area contributed by atoms with Crippen molar-refractivity contribution >= 4 is 72.9 Å². The molecular weight excluding hydrogens is 533 g/mol. The summed E-state index contributed by atoms with van der Waals surface area (Å²) in [6.07, 6.45) is 3.67. The van der Waals surface area contributed by atoms with Gasteiger partial charge < -0.3 is 10.6 Å². The quantitative estimate of drug-likeness (QED) is 0.316. The number of fused-ring (bicyclic) bond motifs is 1. The molecule has 5 rings (SSSR count). The zero-order valence-electron chi connectivity index (χ0n) is 17.8. The van der Waals surface area contributed by atoms with Crippen LogP contribution in [-0.4, -0.2) is 30.0 Å². The Balaban J connectivity index is 1.35. The van der Waals surface area contributed by atoms with Gasteiger partial charge in [0.1, 0.15) is 10.5 Å². The molecule has 2 heterocycles. The van der Waals surface area contributed by atoms with E-state index < -0.39 is 16.1 Å². The number of carbonyl (C=O) groups is 1. The first-order chi connectivity index (χ1) is 16.7. The van der Waals surface area contributed by atoms with Crippen molar-refractivity contribution in [3.63, 3.8) is 0 Å². The summed E-state index contributed by atoms with van der Waals surface area (Å²) < 4.78 is 28.0. The van der Waals surface area contributed by atoms with Gasteiger partial charge >= 0.3 is 6.03 Å². The molecule has 2 amide bonds. The van der Waals surface area contributed by atoms with Gasteiger partial charge in [0.25, 0.3) is 15.6 Å². The number of anilines is 2. The average Bonchev–Trinajstić information content (AvgIpc) is 3.49. The maximum atomic E-state index is 13.1. The number of nitrogens with one attached hydrogen (secondary N) is 3. The molecule has 1 aliphatic carbocycles. The highest BCUT2D eigenvalue weighted by molar-refractivity contribution is 7.92. The number of hydrogen-bond acceptors (Lipinski definition) is 7. The van der Waals surface area contributed by atoms with Crippen molar-refractivity contribution in [2.45, 2.75) is 23.1 Å². The molecule has 9 nitrogen and oxygen atoms in total. The summed E-state index contributed by atoms with van der Waals surface area (Å²) in [4.78, 5) is 29.7. The molecule has 0 bridgehead atoms. The highest BCUT2D eigenvalue weighted by atomic mass is 35.5. The number of nitrogens with zero attached hydrogens (tertiary/aromatic N) is 2. The fraction of sp³-hybridized carbons (Fsp3) is 0.136. The van der Waals surface area contributed by atoms with Crippen molar-refractivity contribution in [1.29, 1.82) is 0 Å². The minimum Gasteiger partial charge on any atom is -0.382 e. The summed E-state index contributed by atoms with van der Waals surface area (Å²) in [5, 5.41) is 6.38. The van der Waals surface area contributed by atoms with E-state index in [2.05, 4.69) is 15.6 Å². The molecule has 3 N–H and O–H groups in total. The van der Waals surface area contributed by atoms with E-state index in [4.69, 9.17) is 23.2 Å². The van der Waals surface area contributed by atoms with Crippen molar-refractivity contribution in [3.05, 3.63) is 74.6 Å². The lowest BCUT2D eigenvalue weighted by molar-refractivity contribution is 0.256. The lowest BCUT2D eigenvalue weighted by atomic mass is 10.2. The minimum absolute atomic E-state index is 0.0929. The van der Waals surface area contributed by atoms with Crippen molar-refractivity contribution in [2.24, 2.45) is 0 Å². The molecule has 1 aliphatic rings. The maximum Gasteiger partial charge on any atom is 0.333 e. The van der Waals surface area contributed by atoms with Gasteiger partial charge in [-0.15, -0.1) is 11.3 Å². The standard InChI is InChI=1S/C22H17Cl2N5O4S2/c23-16-9-13(27-22(31)28-35(32,33)20-8-7-19(24)34-20)4-6-18(16)29-11-25-17-10-14(26-12-1-2-12)3-5-15(17)21(29)30/h3-12,26H,1-2H2,(H2,27,28,31). The third-order valence-corrected chi connectivity index (χ3v) is 8.57. The molecule has 180 valence electrons. The topological polar surface area (TPSA) is 122 Å². The van der Waals surface area contributed by atoms with Gasteiger partial charge in [-0.1, -0.05) is 23.2 Å². The van der Waals surface area contributed by atoms with E-state index in [1.807, 2.05) is 16.9 Å². The van der Waals surface area contributed by atoms with Crippen LogP contribution in [0.1, 0.15) is 12.8 Å². The largest absolute Gasteiger partial charge is 0.382 e. The Morgan fingerprint density at radius 1 is 1.06 bits per heavy atom. The lowest BCUT2D eigenvalue weighted by Gasteiger charge is -2.12. The summed E-state index contributed by atoms with van der Waals surface area (Å²) in [5.74, 6) is 0. The third kappa shape index (κ3) is 5.13. The Morgan fingerprint density at radius 2 is 1.83 bits per heavy atom. The monoisotopic (exact) mass is 549 g/mol. The van der Waals surface area contributed by atoms with Crippen LogP contribution in [0.5, 0.6) is 0 Å². The summed E-state index contributed by atoms with van der Waals surface area (Å²) in [5.41, 5.74) is 1.78. The van der Waals surface area contributed by atoms with Gasteiger partial charge in [-0.3, -0.25) is 9.36 Å². The van der Waals surface area contributed by atoms with Gasteiger partial charge in [-0.25, -0.2) is 22.9 Å². The zero-order chi connectivity index (χ0) is 24.7. The first kappa shape index (κ1) is 23.6.